The Morgan fingerprint density at radius 3 is 2.53 bits per heavy atom. The number of rotatable bonds is 4. The third-order valence-electron chi connectivity index (χ3n) is 3.04. The van der Waals surface area contributed by atoms with Crippen molar-refractivity contribution >= 4 is 17.3 Å². The first kappa shape index (κ1) is 13.0. The minimum absolute atomic E-state index is 0.0121. The van der Waals surface area contributed by atoms with E-state index in [1.807, 2.05) is 24.1 Å². The topological polar surface area (TPSA) is 78.9 Å². The van der Waals surface area contributed by atoms with Gasteiger partial charge >= 0.3 is 0 Å². The zero-order valence-electron chi connectivity index (χ0n) is 11.1. The predicted molar refractivity (Wildman–Crippen MR) is 76.9 cm³/mol. The first-order chi connectivity index (χ1) is 9.13. The van der Waals surface area contributed by atoms with E-state index in [4.69, 9.17) is 11.1 Å². The summed E-state index contributed by atoms with van der Waals surface area (Å²) >= 11 is 0. The number of nitrogens with one attached hydrogen (secondary N) is 1. The van der Waals surface area contributed by atoms with Crippen molar-refractivity contribution in [1.82, 2.24) is 10.2 Å². The maximum Gasteiger partial charge on any atom is 0.166 e. The third-order valence-corrected chi connectivity index (χ3v) is 3.04. The average molecular weight is 255 g/mol. The van der Waals surface area contributed by atoms with E-state index < -0.39 is 0 Å². The Morgan fingerprint density at radius 1 is 1.26 bits per heavy atom. The fourth-order valence-electron chi connectivity index (χ4n) is 1.86. The fraction of sp³-hybridized carbons (Fsp3) is 0.214. The second-order valence-electron chi connectivity index (χ2n) is 4.26. The highest BCUT2D eigenvalue weighted by Gasteiger charge is 2.13. The summed E-state index contributed by atoms with van der Waals surface area (Å²) < 4.78 is 0. The molecule has 0 spiro atoms. The lowest BCUT2D eigenvalue weighted by atomic mass is 10.1. The molecular formula is C14H17N5. The van der Waals surface area contributed by atoms with Crippen molar-refractivity contribution in [3.8, 4) is 0 Å². The van der Waals surface area contributed by atoms with E-state index in [0.29, 0.717) is 11.4 Å². The van der Waals surface area contributed by atoms with Crippen LogP contribution in [0.2, 0.25) is 0 Å². The van der Waals surface area contributed by atoms with Crippen LogP contribution in [-0.2, 0) is 6.42 Å². The van der Waals surface area contributed by atoms with Crippen LogP contribution in [0.3, 0.4) is 0 Å². The van der Waals surface area contributed by atoms with Crippen LogP contribution in [0.5, 0.6) is 0 Å². The van der Waals surface area contributed by atoms with E-state index in [1.165, 1.54) is 11.8 Å². The highest BCUT2D eigenvalue weighted by molar-refractivity contribution is 6.00. The van der Waals surface area contributed by atoms with E-state index >= 15 is 0 Å². The van der Waals surface area contributed by atoms with Gasteiger partial charge in [-0.3, -0.25) is 5.41 Å². The van der Waals surface area contributed by atoms with Gasteiger partial charge in [0, 0.05) is 12.7 Å². The Bertz CT molecular complexity index is 577. The maximum atomic E-state index is 7.58. The Balaban J connectivity index is 2.37. The molecule has 0 saturated carbocycles. The van der Waals surface area contributed by atoms with Crippen molar-refractivity contribution in [2.75, 3.05) is 11.9 Å². The van der Waals surface area contributed by atoms with Crippen molar-refractivity contribution in [2.45, 2.75) is 13.3 Å². The number of anilines is 2. The Hall–Kier alpha value is -2.43. The molecular weight excluding hydrogens is 238 g/mol. The van der Waals surface area contributed by atoms with Gasteiger partial charge in [-0.05, 0) is 30.2 Å². The molecule has 5 nitrogen and oxygen atoms in total. The number of nitrogen functional groups attached to an aromatic ring is 1. The van der Waals surface area contributed by atoms with Crippen LogP contribution in [0.1, 0.15) is 18.1 Å². The molecule has 1 heterocycles. The largest absolute Gasteiger partial charge is 0.384 e. The molecule has 0 atom stereocenters. The van der Waals surface area contributed by atoms with Crippen molar-refractivity contribution in [3.63, 3.8) is 0 Å². The quantitative estimate of drug-likeness (QED) is 0.647. The Labute approximate surface area is 112 Å². The maximum absolute atomic E-state index is 7.58. The molecule has 2 aromatic rings. The summed E-state index contributed by atoms with van der Waals surface area (Å²) in [5.41, 5.74) is 8.41. The lowest BCUT2D eigenvalue weighted by molar-refractivity contribution is 0.981. The van der Waals surface area contributed by atoms with Gasteiger partial charge in [0.2, 0.25) is 0 Å². The molecule has 0 aliphatic carbocycles. The summed E-state index contributed by atoms with van der Waals surface area (Å²) in [4.78, 5) is 1.88. The van der Waals surface area contributed by atoms with E-state index in [1.54, 1.807) is 6.07 Å². The average Bonchev–Trinajstić information content (AvgIpc) is 2.46. The van der Waals surface area contributed by atoms with Gasteiger partial charge in [-0.1, -0.05) is 19.1 Å². The molecule has 0 fully saturated rings. The highest BCUT2D eigenvalue weighted by atomic mass is 15.2. The second-order valence-corrected chi connectivity index (χ2v) is 4.26. The molecule has 0 saturated heterocycles. The number of hydrogen-bond acceptors (Lipinski definition) is 4. The van der Waals surface area contributed by atoms with Crippen LogP contribution < -0.4 is 10.6 Å². The van der Waals surface area contributed by atoms with Gasteiger partial charge in [0.25, 0.3) is 0 Å². The normalized spacial score (nSPS) is 10.2. The SMILES string of the molecule is CCc1ccc(N(C)c2nnccc2C(=N)N)cc1. The molecule has 98 valence electrons. The molecule has 0 amide bonds. The van der Waals surface area contributed by atoms with Gasteiger partial charge in [0.15, 0.2) is 5.82 Å². The summed E-state index contributed by atoms with van der Waals surface area (Å²) in [5.74, 6) is 0.571. The minimum Gasteiger partial charge on any atom is -0.384 e. The second kappa shape index (κ2) is 5.48. The van der Waals surface area contributed by atoms with Gasteiger partial charge in [-0.15, -0.1) is 5.10 Å². The van der Waals surface area contributed by atoms with Crippen molar-refractivity contribution in [2.24, 2.45) is 5.73 Å². The van der Waals surface area contributed by atoms with Crippen molar-refractivity contribution in [1.29, 1.82) is 5.41 Å². The molecule has 1 aromatic carbocycles. The standard InChI is InChI=1S/C14H17N5/c1-3-10-4-6-11(7-5-10)19(2)14-12(13(15)16)8-9-17-18-14/h4-9H,3H2,1-2H3,(H3,15,16). The predicted octanol–water partition coefficient (Wildman–Crippen LogP) is 2.09. The molecule has 0 unspecified atom stereocenters. The number of aromatic nitrogens is 2. The van der Waals surface area contributed by atoms with E-state index in [2.05, 4.69) is 29.3 Å². The van der Waals surface area contributed by atoms with E-state index in [0.717, 1.165) is 12.1 Å². The van der Waals surface area contributed by atoms with Crippen molar-refractivity contribution in [3.05, 3.63) is 47.7 Å². The lowest BCUT2D eigenvalue weighted by Crippen LogP contribution is -2.20. The summed E-state index contributed by atoms with van der Waals surface area (Å²) in [6, 6.07) is 9.90. The number of hydrogen-bond donors (Lipinski definition) is 2. The van der Waals surface area contributed by atoms with Gasteiger partial charge in [-0.2, -0.15) is 5.10 Å². The molecule has 3 N–H and O–H groups in total. The van der Waals surface area contributed by atoms with Gasteiger partial charge in [-0.25, -0.2) is 0 Å². The zero-order valence-corrected chi connectivity index (χ0v) is 11.1. The van der Waals surface area contributed by atoms with Crippen LogP contribution in [0.25, 0.3) is 0 Å². The molecule has 0 bridgehead atoms. The first-order valence-corrected chi connectivity index (χ1v) is 6.12. The minimum atomic E-state index is -0.0121. The number of aryl methyl sites for hydroxylation is 1. The highest BCUT2D eigenvalue weighted by Crippen LogP contribution is 2.24. The smallest absolute Gasteiger partial charge is 0.166 e. The van der Waals surface area contributed by atoms with Crippen LogP contribution in [0.4, 0.5) is 11.5 Å². The summed E-state index contributed by atoms with van der Waals surface area (Å²) in [6.07, 6.45) is 2.54. The Kier molecular flexibility index (Phi) is 3.75. The zero-order chi connectivity index (χ0) is 13.8. The van der Waals surface area contributed by atoms with E-state index in [9.17, 15) is 0 Å². The summed E-state index contributed by atoms with van der Waals surface area (Å²) in [5, 5.41) is 15.5. The van der Waals surface area contributed by atoms with Crippen LogP contribution in [-0.4, -0.2) is 23.1 Å². The number of nitrogens with zero attached hydrogens (tertiary/aromatic N) is 3. The number of amidine groups is 1. The summed E-state index contributed by atoms with van der Waals surface area (Å²) in [6.45, 7) is 2.12. The molecule has 0 radical (unpaired) electrons. The van der Waals surface area contributed by atoms with Gasteiger partial charge in [0.05, 0.1) is 11.8 Å². The Morgan fingerprint density at radius 2 is 1.95 bits per heavy atom. The molecule has 0 aliphatic rings. The summed E-state index contributed by atoms with van der Waals surface area (Å²) in [7, 11) is 1.89. The first-order valence-electron chi connectivity index (χ1n) is 6.12. The fourth-order valence-corrected chi connectivity index (χ4v) is 1.86. The van der Waals surface area contributed by atoms with Crippen molar-refractivity contribution < 1.29 is 0 Å². The lowest BCUT2D eigenvalue weighted by Gasteiger charge is -2.20. The monoisotopic (exact) mass is 255 g/mol. The molecule has 19 heavy (non-hydrogen) atoms. The van der Waals surface area contributed by atoms with Gasteiger partial charge < -0.3 is 10.6 Å². The number of benzene rings is 1. The molecule has 0 aliphatic heterocycles. The van der Waals surface area contributed by atoms with Crippen LogP contribution in [0, 0.1) is 5.41 Å². The molecule has 5 heteroatoms. The third kappa shape index (κ3) is 2.70. The molecule has 2 rings (SSSR count). The van der Waals surface area contributed by atoms with Gasteiger partial charge in [0.1, 0.15) is 5.84 Å². The van der Waals surface area contributed by atoms with Crippen LogP contribution in [0.15, 0.2) is 36.5 Å². The number of nitrogens with two attached hydrogens (primary N) is 1. The van der Waals surface area contributed by atoms with Crippen LogP contribution >= 0.6 is 0 Å². The molecule has 1 aromatic heterocycles. The van der Waals surface area contributed by atoms with E-state index in [-0.39, 0.29) is 5.84 Å².